The lowest BCUT2D eigenvalue weighted by Gasteiger charge is -2.08. The van der Waals surface area contributed by atoms with Crippen LogP contribution in [0.1, 0.15) is 0 Å². The molecule has 2 aromatic heterocycles. The highest BCUT2D eigenvalue weighted by atomic mass is 32.1. The van der Waals surface area contributed by atoms with Gasteiger partial charge in [-0.15, -0.1) is 17.9 Å². The van der Waals surface area contributed by atoms with Crippen LogP contribution in [0.4, 0.5) is 4.79 Å². The van der Waals surface area contributed by atoms with E-state index in [1.54, 1.807) is 0 Å². The normalized spacial score (nSPS) is 10.3. The maximum Gasteiger partial charge on any atom is 0.321 e. The van der Waals surface area contributed by atoms with Crippen molar-refractivity contribution in [3.8, 4) is 17.0 Å². The average Bonchev–Trinajstić information content (AvgIpc) is 3.10. The summed E-state index contributed by atoms with van der Waals surface area (Å²) < 4.78 is 5.55. The maximum absolute atomic E-state index is 11.9. The third-order valence-electron chi connectivity index (χ3n) is 3.42. The first-order chi connectivity index (χ1) is 12.7. The van der Waals surface area contributed by atoms with Crippen molar-refractivity contribution in [2.75, 3.05) is 13.2 Å². The number of benzene rings is 1. The number of urea groups is 1. The Balaban J connectivity index is 1.76. The fourth-order valence-corrected chi connectivity index (χ4v) is 3.20. The van der Waals surface area contributed by atoms with Crippen LogP contribution in [0, 0.1) is 0 Å². The third kappa shape index (κ3) is 4.04. The summed E-state index contributed by atoms with van der Waals surface area (Å²) in [4.78, 5) is 32.5. The number of ether oxygens (including phenoxy) is 1. The molecule has 132 valence electrons. The fraction of sp³-hybridized carbons (Fsp3) is 0.111. The molecule has 0 aliphatic heterocycles. The minimum Gasteiger partial charge on any atom is -0.467 e. The van der Waals surface area contributed by atoms with Gasteiger partial charge in [-0.2, -0.15) is 0 Å². The van der Waals surface area contributed by atoms with E-state index in [2.05, 4.69) is 27.2 Å². The van der Waals surface area contributed by atoms with Gasteiger partial charge in [0.1, 0.15) is 11.2 Å². The van der Waals surface area contributed by atoms with Crippen LogP contribution in [-0.2, 0) is 4.79 Å². The molecular formula is C18H16N4O3S. The molecule has 0 radical (unpaired) electrons. The van der Waals surface area contributed by atoms with Crippen molar-refractivity contribution >= 4 is 33.5 Å². The number of aromatic nitrogens is 2. The molecule has 0 spiro atoms. The number of rotatable bonds is 6. The Bertz CT molecular complexity index is 940. The van der Waals surface area contributed by atoms with E-state index >= 15 is 0 Å². The summed E-state index contributed by atoms with van der Waals surface area (Å²) in [6.45, 7) is 3.41. The SMILES string of the molecule is C=CCNC(=O)NC(=O)COc1ncnc2scc(-c3ccccc3)c12. The van der Waals surface area contributed by atoms with Gasteiger partial charge in [0, 0.05) is 17.5 Å². The highest BCUT2D eigenvalue weighted by Gasteiger charge is 2.15. The van der Waals surface area contributed by atoms with Gasteiger partial charge in [-0.25, -0.2) is 14.8 Å². The van der Waals surface area contributed by atoms with Crippen LogP contribution in [-0.4, -0.2) is 35.1 Å². The number of fused-ring (bicyclic) bond motifs is 1. The van der Waals surface area contributed by atoms with Crippen LogP contribution in [0.25, 0.3) is 21.3 Å². The first kappa shape index (κ1) is 17.6. The maximum atomic E-state index is 11.9. The van der Waals surface area contributed by atoms with E-state index < -0.39 is 11.9 Å². The molecule has 0 atom stereocenters. The number of nitrogens with one attached hydrogen (secondary N) is 2. The molecule has 3 rings (SSSR count). The van der Waals surface area contributed by atoms with E-state index in [-0.39, 0.29) is 13.2 Å². The monoisotopic (exact) mass is 368 g/mol. The van der Waals surface area contributed by atoms with E-state index in [1.165, 1.54) is 23.7 Å². The van der Waals surface area contributed by atoms with Gasteiger partial charge in [0.25, 0.3) is 5.91 Å². The quantitative estimate of drug-likeness (QED) is 0.653. The molecule has 3 aromatic rings. The minimum absolute atomic E-state index is 0.266. The van der Waals surface area contributed by atoms with Crippen molar-refractivity contribution in [3.05, 3.63) is 54.7 Å². The van der Waals surface area contributed by atoms with Crippen LogP contribution in [0.15, 0.2) is 54.7 Å². The highest BCUT2D eigenvalue weighted by Crippen LogP contribution is 2.37. The second-order valence-corrected chi connectivity index (χ2v) is 6.07. The Kier molecular flexibility index (Phi) is 5.55. The lowest BCUT2D eigenvalue weighted by molar-refractivity contribution is -0.122. The Morgan fingerprint density at radius 3 is 2.81 bits per heavy atom. The van der Waals surface area contributed by atoms with E-state index in [1.807, 2.05) is 35.7 Å². The predicted molar refractivity (Wildman–Crippen MR) is 100 cm³/mol. The second kappa shape index (κ2) is 8.21. The van der Waals surface area contributed by atoms with Crippen LogP contribution < -0.4 is 15.4 Å². The van der Waals surface area contributed by atoms with Gasteiger partial charge in [0.15, 0.2) is 6.61 Å². The predicted octanol–water partition coefficient (Wildman–Crippen LogP) is 2.75. The molecule has 0 unspecified atom stereocenters. The fourth-order valence-electron chi connectivity index (χ4n) is 2.29. The van der Waals surface area contributed by atoms with E-state index in [0.29, 0.717) is 5.88 Å². The first-order valence-corrected chi connectivity index (χ1v) is 8.66. The molecule has 0 aliphatic rings. The average molecular weight is 368 g/mol. The van der Waals surface area contributed by atoms with Crippen molar-refractivity contribution in [2.24, 2.45) is 0 Å². The lowest BCUT2D eigenvalue weighted by Crippen LogP contribution is -2.41. The number of hydrogen-bond donors (Lipinski definition) is 2. The molecule has 2 N–H and O–H groups in total. The summed E-state index contributed by atoms with van der Waals surface area (Å²) in [5, 5.41) is 7.34. The molecular weight excluding hydrogens is 352 g/mol. The molecule has 2 heterocycles. The van der Waals surface area contributed by atoms with Crippen LogP contribution in [0.3, 0.4) is 0 Å². The van der Waals surface area contributed by atoms with E-state index in [4.69, 9.17) is 4.74 Å². The molecule has 8 heteroatoms. The Morgan fingerprint density at radius 2 is 2.04 bits per heavy atom. The summed E-state index contributed by atoms with van der Waals surface area (Å²) in [7, 11) is 0. The molecule has 3 amide bonds. The van der Waals surface area contributed by atoms with Gasteiger partial charge >= 0.3 is 6.03 Å². The summed E-state index contributed by atoms with van der Waals surface area (Å²) in [6.07, 6.45) is 2.90. The molecule has 26 heavy (non-hydrogen) atoms. The zero-order valence-electron chi connectivity index (χ0n) is 13.8. The number of amides is 3. The van der Waals surface area contributed by atoms with E-state index in [0.717, 1.165) is 21.3 Å². The van der Waals surface area contributed by atoms with Gasteiger partial charge < -0.3 is 10.1 Å². The Labute approximate surface area is 153 Å². The summed E-state index contributed by atoms with van der Waals surface area (Å²) >= 11 is 1.47. The largest absolute Gasteiger partial charge is 0.467 e. The number of thiophene rings is 1. The van der Waals surface area contributed by atoms with Crippen molar-refractivity contribution in [1.82, 2.24) is 20.6 Å². The molecule has 0 bridgehead atoms. The number of carbonyl (C=O) groups is 2. The summed E-state index contributed by atoms with van der Waals surface area (Å²) in [5.74, 6) is -0.272. The summed E-state index contributed by atoms with van der Waals surface area (Å²) in [6, 6.07) is 9.18. The smallest absolute Gasteiger partial charge is 0.321 e. The van der Waals surface area contributed by atoms with Crippen LogP contribution in [0.2, 0.25) is 0 Å². The van der Waals surface area contributed by atoms with Crippen molar-refractivity contribution in [1.29, 1.82) is 0 Å². The zero-order valence-corrected chi connectivity index (χ0v) is 14.6. The lowest BCUT2D eigenvalue weighted by atomic mass is 10.1. The van der Waals surface area contributed by atoms with Gasteiger partial charge in [0.2, 0.25) is 5.88 Å². The first-order valence-electron chi connectivity index (χ1n) is 7.78. The number of hydrogen-bond acceptors (Lipinski definition) is 6. The van der Waals surface area contributed by atoms with Crippen LogP contribution in [0.5, 0.6) is 5.88 Å². The van der Waals surface area contributed by atoms with Crippen molar-refractivity contribution in [2.45, 2.75) is 0 Å². The molecule has 0 aliphatic carbocycles. The number of carbonyl (C=O) groups excluding carboxylic acids is 2. The van der Waals surface area contributed by atoms with Gasteiger partial charge in [-0.05, 0) is 5.56 Å². The van der Waals surface area contributed by atoms with Crippen molar-refractivity contribution < 1.29 is 14.3 Å². The molecule has 0 saturated carbocycles. The molecule has 0 fully saturated rings. The topological polar surface area (TPSA) is 93.2 Å². The Morgan fingerprint density at radius 1 is 1.23 bits per heavy atom. The zero-order chi connectivity index (χ0) is 18.4. The Hall–Kier alpha value is -3.26. The van der Waals surface area contributed by atoms with Crippen molar-refractivity contribution in [3.63, 3.8) is 0 Å². The third-order valence-corrected chi connectivity index (χ3v) is 4.31. The minimum atomic E-state index is -0.605. The van der Waals surface area contributed by atoms with E-state index in [9.17, 15) is 9.59 Å². The highest BCUT2D eigenvalue weighted by molar-refractivity contribution is 7.17. The van der Waals surface area contributed by atoms with Gasteiger partial charge in [-0.1, -0.05) is 36.4 Å². The number of nitrogens with zero attached hydrogens (tertiary/aromatic N) is 2. The van der Waals surface area contributed by atoms with Gasteiger partial charge in [-0.3, -0.25) is 10.1 Å². The van der Waals surface area contributed by atoms with Gasteiger partial charge in [0.05, 0.1) is 5.39 Å². The molecule has 0 saturated heterocycles. The number of imide groups is 1. The van der Waals surface area contributed by atoms with Crippen LogP contribution >= 0.6 is 11.3 Å². The standard InChI is InChI=1S/C18H16N4O3S/c1-2-8-19-18(24)22-14(23)9-25-16-15-13(12-6-4-3-5-7-12)10-26-17(15)21-11-20-16/h2-7,10-11H,1,8-9H2,(H2,19,22,23,24). The molecule has 1 aromatic carbocycles. The second-order valence-electron chi connectivity index (χ2n) is 5.21. The molecule has 7 nitrogen and oxygen atoms in total. The summed E-state index contributed by atoms with van der Waals surface area (Å²) in [5.41, 5.74) is 1.94.